The van der Waals surface area contributed by atoms with Gasteiger partial charge in [0.05, 0.1) is 12.1 Å². The number of hydrogen-bond donors (Lipinski definition) is 1. The lowest BCUT2D eigenvalue weighted by atomic mass is 10.1. The lowest BCUT2D eigenvalue weighted by molar-refractivity contribution is 0.0696. The fourth-order valence-corrected chi connectivity index (χ4v) is 2.83. The van der Waals surface area contributed by atoms with E-state index >= 15 is 0 Å². The molecular weight excluding hydrogens is 370 g/mol. The first kappa shape index (κ1) is 20.0. The summed E-state index contributed by atoms with van der Waals surface area (Å²) in [7, 11) is 0. The lowest BCUT2D eigenvalue weighted by Crippen LogP contribution is -2.33. The average molecular weight is 391 g/mol. The second-order valence-corrected chi connectivity index (χ2v) is 6.58. The number of aromatic carboxylic acids is 1. The molecule has 29 heavy (non-hydrogen) atoms. The summed E-state index contributed by atoms with van der Waals surface area (Å²) in [5.41, 5.74) is 3.06. The number of anilines is 1. The molecule has 3 rings (SSSR count). The van der Waals surface area contributed by atoms with E-state index in [0.717, 1.165) is 5.56 Å². The van der Waals surface area contributed by atoms with Gasteiger partial charge >= 0.3 is 12.1 Å². The van der Waals surface area contributed by atoms with Crippen LogP contribution in [0.1, 0.15) is 32.9 Å². The van der Waals surface area contributed by atoms with Crippen LogP contribution in [0.2, 0.25) is 0 Å². The fraction of sp³-hybridized carbons (Fsp3) is 0.182. The molecule has 1 amide bonds. The summed E-state index contributed by atoms with van der Waals surface area (Å²) in [6, 6.07) is 17.5. The topological polar surface area (TPSA) is 92.6 Å². The van der Waals surface area contributed by atoms with Gasteiger partial charge in [-0.15, -0.1) is 0 Å². The minimum atomic E-state index is -1.03. The van der Waals surface area contributed by atoms with E-state index in [-0.39, 0.29) is 24.7 Å². The maximum Gasteiger partial charge on any atom is 0.417 e. The zero-order valence-corrected chi connectivity index (χ0v) is 16.2. The number of ether oxygens (including phenoxy) is 1. The number of carbonyl (C=O) groups is 2. The summed E-state index contributed by atoms with van der Waals surface area (Å²) in [6.07, 6.45) is -0.611. The predicted octanol–water partition coefficient (Wildman–Crippen LogP) is 4.14. The zero-order chi connectivity index (χ0) is 20.8. The van der Waals surface area contributed by atoms with Crippen molar-refractivity contribution in [2.75, 3.05) is 4.90 Å². The van der Waals surface area contributed by atoms with Crippen molar-refractivity contribution in [3.05, 3.63) is 88.7 Å². The van der Waals surface area contributed by atoms with E-state index in [1.807, 2.05) is 50.2 Å². The molecule has 2 aromatic carbocycles. The van der Waals surface area contributed by atoms with E-state index in [1.54, 1.807) is 12.1 Å². The highest BCUT2D eigenvalue weighted by Crippen LogP contribution is 2.17. The van der Waals surface area contributed by atoms with Crippen molar-refractivity contribution in [1.29, 1.82) is 0 Å². The molecule has 0 unspecified atom stereocenters. The van der Waals surface area contributed by atoms with Crippen LogP contribution in [0.5, 0.6) is 0 Å². The summed E-state index contributed by atoms with van der Waals surface area (Å²) in [4.78, 5) is 34.2. The number of rotatable bonds is 6. The average Bonchev–Trinajstić information content (AvgIpc) is 2.70. The molecule has 148 valence electrons. The molecule has 7 heteroatoms. The van der Waals surface area contributed by atoms with Gasteiger partial charge in [-0.05, 0) is 43.2 Å². The number of amides is 1. The Morgan fingerprint density at radius 2 is 1.59 bits per heavy atom. The summed E-state index contributed by atoms with van der Waals surface area (Å²) in [5.74, 6) is -0.825. The minimum absolute atomic E-state index is 0.0810. The van der Waals surface area contributed by atoms with E-state index < -0.39 is 12.1 Å². The van der Waals surface area contributed by atoms with Gasteiger partial charge in [0, 0.05) is 11.4 Å². The Bertz CT molecular complexity index is 1000. The molecule has 0 saturated carbocycles. The van der Waals surface area contributed by atoms with Crippen molar-refractivity contribution in [3.63, 3.8) is 0 Å². The molecule has 1 heterocycles. The van der Waals surface area contributed by atoms with E-state index in [1.165, 1.54) is 17.0 Å². The number of hydrogen-bond acceptors (Lipinski definition) is 5. The molecule has 0 fully saturated rings. The van der Waals surface area contributed by atoms with Crippen LogP contribution in [0, 0.1) is 13.8 Å². The highest BCUT2D eigenvalue weighted by molar-refractivity contribution is 5.88. The normalized spacial score (nSPS) is 10.4. The first-order valence-electron chi connectivity index (χ1n) is 9.05. The van der Waals surface area contributed by atoms with Crippen molar-refractivity contribution in [2.24, 2.45) is 0 Å². The summed E-state index contributed by atoms with van der Waals surface area (Å²) in [5, 5.41) is 9.22. The van der Waals surface area contributed by atoms with Gasteiger partial charge in [-0.25, -0.2) is 24.5 Å². The van der Waals surface area contributed by atoms with Crippen LogP contribution >= 0.6 is 0 Å². The third-order valence-corrected chi connectivity index (χ3v) is 4.15. The van der Waals surface area contributed by atoms with Crippen LogP contribution in [-0.4, -0.2) is 27.1 Å². The Morgan fingerprint density at radius 1 is 0.931 bits per heavy atom. The van der Waals surface area contributed by atoms with E-state index in [0.29, 0.717) is 17.0 Å². The molecule has 0 spiro atoms. The Hall–Kier alpha value is -3.74. The van der Waals surface area contributed by atoms with Crippen LogP contribution in [0.15, 0.2) is 60.7 Å². The highest BCUT2D eigenvalue weighted by Gasteiger charge is 2.22. The van der Waals surface area contributed by atoms with Gasteiger partial charge in [-0.1, -0.05) is 42.5 Å². The molecular formula is C22H21N3O4. The number of aromatic nitrogens is 2. The SMILES string of the molecule is Cc1cc(C)nc(N(Cc2cccc(C(=O)O)c2)C(=O)OCc2ccccc2)n1. The third-order valence-electron chi connectivity index (χ3n) is 4.15. The first-order valence-corrected chi connectivity index (χ1v) is 9.05. The van der Waals surface area contributed by atoms with E-state index in [2.05, 4.69) is 9.97 Å². The Kier molecular flexibility index (Phi) is 6.19. The fourth-order valence-electron chi connectivity index (χ4n) is 2.83. The second-order valence-electron chi connectivity index (χ2n) is 6.58. The maximum atomic E-state index is 12.9. The van der Waals surface area contributed by atoms with E-state index in [9.17, 15) is 14.7 Å². The molecule has 0 aliphatic carbocycles. The largest absolute Gasteiger partial charge is 0.478 e. The minimum Gasteiger partial charge on any atom is -0.478 e. The van der Waals surface area contributed by atoms with Gasteiger partial charge in [-0.3, -0.25) is 0 Å². The van der Waals surface area contributed by atoms with Crippen molar-refractivity contribution in [1.82, 2.24) is 9.97 Å². The van der Waals surface area contributed by atoms with Gasteiger partial charge in [0.25, 0.3) is 0 Å². The van der Waals surface area contributed by atoms with Gasteiger partial charge in [-0.2, -0.15) is 0 Å². The predicted molar refractivity (Wildman–Crippen MR) is 108 cm³/mol. The molecule has 0 radical (unpaired) electrons. The second kappa shape index (κ2) is 8.97. The Labute approximate surface area is 168 Å². The van der Waals surface area contributed by atoms with Crippen LogP contribution in [-0.2, 0) is 17.9 Å². The van der Waals surface area contributed by atoms with Gasteiger partial charge in [0.2, 0.25) is 5.95 Å². The van der Waals surface area contributed by atoms with Crippen molar-refractivity contribution >= 4 is 18.0 Å². The van der Waals surface area contributed by atoms with Gasteiger partial charge < -0.3 is 9.84 Å². The summed E-state index contributed by atoms with van der Waals surface area (Å²) in [6.45, 7) is 3.82. The Balaban J connectivity index is 1.87. The number of nitrogens with zero attached hydrogens (tertiary/aromatic N) is 3. The summed E-state index contributed by atoms with van der Waals surface area (Å²) < 4.78 is 5.46. The molecule has 0 aliphatic rings. The van der Waals surface area contributed by atoms with E-state index in [4.69, 9.17) is 4.74 Å². The molecule has 0 saturated heterocycles. The quantitative estimate of drug-likeness (QED) is 0.679. The standard InChI is InChI=1S/C22H21N3O4/c1-15-11-16(2)24-21(23-15)25(13-18-9-6-10-19(12-18)20(26)27)22(28)29-14-17-7-4-3-5-8-17/h3-12H,13-14H2,1-2H3,(H,26,27). The molecule has 0 bridgehead atoms. The lowest BCUT2D eigenvalue weighted by Gasteiger charge is -2.21. The third kappa shape index (κ3) is 5.38. The number of carboxylic acid groups (broad SMARTS) is 1. The molecule has 1 N–H and O–H groups in total. The molecule has 1 aromatic heterocycles. The van der Waals surface area contributed by atoms with Crippen LogP contribution in [0.25, 0.3) is 0 Å². The number of carboxylic acids is 1. The van der Waals surface area contributed by atoms with Crippen LogP contribution in [0.4, 0.5) is 10.7 Å². The smallest absolute Gasteiger partial charge is 0.417 e. The maximum absolute atomic E-state index is 12.9. The zero-order valence-electron chi connectivity index (χ0n) is 16.2. The van der Waals surface area contributed by atoms with Gasteiger partial charge in [0.15, 0.2) is 0 Å². The van der Waals surface area contributed by atoms with Gasteiger partial charge in [0.1, 0.15) is 6.61 Å². The molecule has 0 aliphatic heterocycles. The molecule has 3 aromatic rings. The van der Waals surface area contributed by atoms with Crippen molar-refractivity contribution < 1.29 is 19.4 Å². The number of benzene rings is 2. The Morgan fingerprint density at radius 3 is 2.24 bits per heavy atom. The molecule has 7 nitrogen and oxygen atoms in total. The van der Waals surface area contributed by atoms with Crippen molar-refractivity contribution in [3.8, 4) is 0 Å². The van der Waals surface area contributed by atoms with Crippen molar-refractivity contribution in [2.45, 2.75) is 27.0 Å². The highest BCUT2D eigenvalue weighted by atomic mass is 16.6. The summed E-state index contributed by atoms with van der Waals surface area (Å²) >= 11 is 0. The number of aryl methyl sites for hydroxylation is 2. The molecule has 0 atom stereocenters. The first-order chi connectivity index (χ1) is 13.9. The number of carbonyl (C=O) groups excluding carboxylic acids is 1. The van der Waals surface area contributed by atoms with Crippen LogP contribution in [0.3, 0.4) is 0 Å². The monoisotopic (exact) mass is 391 g/mol. The van der Waals surface area contributed by atoms with Crippen LogP contribution < -0.4 is 4.90 Å².